The van der Waals surface area contributed by atoms with Gasteiger partial charge in [-0.15, -0.1) is 0 Å². The van der Waals surface area contributed by atoms with Crippen molar-refractivity contribution in [1.82, 2.24) is 4.57 Å². The summed E-state index contributed by atoms with van der Waals surface area (Å²) in [6, 6.07) is 22.3. The molecule has 4 N–H and O–H groups in total. The van der Waals surface area contributed by atoms with Gasteiger partial charge in [0.1, 0.15) is 5.82 Å². The van der Waals surface area contributed by atoms with Gasteiger partial charge in [0.05, 0.1) is 30.1 Å². The standard InChI is InChI=1S/C34H37FN2O6.Ca/c1-21(2)32-31(34(43)36-26-14-8-22(20-38)9-15-26)30(23-6-4-3-5-7-23)33(24-10-12-25(35)13-11-24)37(32)17-16-27(39)18-28(40)19-29(41)42;/h3-15,21,27-28,38-40H,16-20H2,1-2H3,(H,36,43)(H,41,42);/q;+2/p-1/t27-,28-;/m1./s1. The Hall–Kier alpha value is -3.05. The van der Waals surface area contributed by atoms with Gasteiger partial charge in [0.15, 0.2) is 0 Å². The Morgan fingerprint density at radius 3 is 2.11 bits per heavy atom. The van der Waals surface area contributed by atoms with E-state index in [0.29, 0.717) is 39.3 Å². The van der Waals surface area contributed by atoms with E-state index in [-0.39, 0.29) is 75.6 Å². The van der Waals surface area contributed by atoms with Gasteiger partial charge < -0.3 is 35.1 Å². The molecule has 0 radical (unpaired) electrons. The minimum Gasteiger partial charge on any atom is -0.550 e. The van der Waals surface area contributed by atoms with Crippen LogP contribution in [0.3, 0.4) is 0 Å². The number of aliphatic carboxylic acids is 1. The summed E-state index contributed by atoms with van der Waals surface area (Å²) in [6.45, 7) is 4.03. The zero-order valence-corrected chi connectivity index (χ0v) is 27.1. The van der Waals surface area contributed by atoms with Crippen LogP contribution in [0.1, 0.15) is 60.6 Å². The fourth-order valence-corrected chi connectivity index (χ4v) is 5.37. The second kappa shape index (κ2) is 16.3. The number of benzene rings is 3. The van der Waals surface area contributed by atoms with Crippen LogP contribution >= 0.6 is 0 Å². The number of anilines is 1. The summed E-state index contributed by atoms with van der Waals surface area (Å²) in [5, 5.41) is 44.1. The third-order valence-electron chi connectivity index (χ3n) is 7.28. The number of halogens is 1. The van der Waals surface area contributed by atoms with Gasteiger partial charge in [-0.25, -0.2) is 4.39 Å². The molecule has 4 rings (SSSR count). The number of hydrogen-bond acceptors (Lipinski definition) is 6. The smallest absolute Gasteiger partial charge is 0.550 e. The predicted molar refractivity (Wildman–Crippen MR) is 166 cm³/mol. The molecule has 0 saturated heterocycles. The number of carboxylic acids is 1. The first kappa shape index (κ1) is 35.4. The van der Waals surface area contributed by atoms with Crippen LogP contribution in [-0.4, -0.2) is 81.7 Å². The Morgan fingerprint density at radius 2 is 1.55 bits per heavy atom. The Bertz CT molecular complexity index is 1540. The van der Waals surface area contributed by atoms with Gasteiger partial charge in [0.2, 0.25) is 0 Å². The minimum atomic E-state index is -1.40. The van der Waals surface area contributed by atoms with Crippen molar-refractivity contribution in [2.24, 2.45) is 0 Å². The maximum Gasteiger partial charge on any atom is 2.00 e. The molecule has 0 aliphatic heterocycles. The topological polar surface area (TPSA) is 135 Å². The molecule has 2 atom stereocenters. The fraction of sp³-hybridized carbons (Fsp3) is 0.294. The van der Waals surface area contributed by atoms with E-state index in [0.717, 1.165) is 5.56 Å². The number of rotatable bonds is 13. The number of aliphatic hydroxyl groups excluding tert-OH is 3. The minimum absolute atomic E-state index is 0. The van der Waals surface area contributed by atoms with Gasteiger partial charge in [-0.1, -0.05) is 56.3 Å². The monoisotopic (exact) mass is 627 g/mol. The number of aromatic nitrogens is 1. The summed E-state index contributed by atoms with van der Waals surface area (Å²) in [5.74, 6) is -2.32. The molecule has 0 aliphatic rings. The second-order valence-corrected chi connectivity index (χ2v) is 10.9. The van der Waals surface area contributed by atoms with E-state index in [4.69, 9.17) is 0 Å². The number of amides is 1. The molecule has 8 nitrogen and oxygen atoms in total. The molecule has 1 amide bonds. The van der Waals surface area contributed by atoms with E-state index in [9.17, 15) is 34.4 Å². The van der Waals surface area contributed by atoms with Crippen LogP contribution in [-0.2, 0) is 17.9 Å². The van der Waals surface area contributed by atoms with Crippen molar-refractivity contribution < 1.29 is 34.4 Å². The average Bonchev–Trinajstić information content (AvgIpc) is 3.32. The summed E-state index contributed by atoms with van der Waals surface area (Å²) in [7, 11) is 0. The normalized spacial score (nSPS) is 12.4. The number of hydrogen-bond donors (Lipinski definition) is 4. The quantitative estimate of drug-likeness (QED) is 0.165. The summed E-state index contributed by atoms with van der Waals surface area (Å²) >= 11 is 0. The fourth-order valence-electron chi connectivity index (χ4n) is 5.37. The largest absolute Gasteiger partial charge is 2.00 e. The van der Waals surface area contributed by atoms with Crippen molar-refractivity contribution in [2.45, 2.75) is 64.4 Å². The van der Waals surface area contributed by atoms with Gasteiger partial charge in [-0.3, -0.25) is 4.79 Å². The zero-order chi connectivity index (χ0) is 31.1. The van der Waals surface area contributed by atoms with Gasteiger partial charge in [-0.2, -0.15) is 0 Å². The molecule has 44 heavy (non-hydrogen) atoms. The zero-order valence-electron chi connectivity index (χ0n) is 24.9. The van der Waals surface area contributed by atoms with Crippen molar-refractivity contribution >= 4 is 55.3 Å². The number of carboxylic acid groups (broad SMARTS) is 1. The molecule has 0 spiro atoms. The maximum atomic E-state index is 14.1. The maximum absolute atomic E-state index is 14.1. The molecule has 0 aliphatic carbocycles. The van der Waals surface area contributed by atoms with Crippen molar-refractivity contribution in [2.75, 3.05) is 5.32 Å². The van der Waals surface area contributed by atoms with Gasteiger partial charge in [-0.05, 0) is 71.8 Å². The average molecular weight is 628 g/mol. The first-order valence-electron chi connectivity index (χ1n) is 14.2. The Balaban J connectivity index is 0.00000529. The predicted octanol–water partition coefficient (Wildman–Crippen LogP) is 4.09. The van der Waals surface area contributed by atoms with Gasteiger partial charge in [0, 0.05) is 35.9 Å². The number of carbonyl (C=O) groups is 2. The van der Waals surface area contributed by atoms with E-state index >= 15 is 0 Å². The molecule has 226 valence electrons. The molecule has 1 heterocycles. The van der Waals surface area contributed by atoms with Gasteiger partial charge >= 0.3 is 37.7 Å². The molecule has 0 saturated carbocycles. The molecule has 1 aromatic heterocycles. The summed E-state index contributed by atoms with van der Waals surface area (Å²) in [6.07, 6.45) is -2.86. The SMILES string of the molecule is CC(C)c1c(C(=O)Nc2ccc(CO)cc2)c(-c2ccccc2)c(-c2ccc(F)cc2)n1CC[C@@H](O)C[C@@H](O)CC(=O)[O-].[Ca+2]. The Labute approximate surface area is 286 Å². The van der Waals surface area contributed by atoms with Crippen molar-refractivity contribution in [1.29, 1.82) is 0 Å². The Morgan fingerprint density at radius 1 is 0.909 bits per heavy atom. The number of nitrogens with zero attached hydrogens (tertiary/aromatic N) is 1. The number of aliphatic hydroxyl groups is 3. The van der Waals surface area contributed by atoms with Crippen LogP contribution < -0.4 is 10.4 Å². The van der Waals surface area contributed by atoms with Crippen LogP contribution in [0, 0.1) is 5.82 Å². The van der Waals surface area contributed by atoms with E-state index in [1.165, 1.54) is 12.1 Å². The van der Waals surface area contributed by atoms with Crippen molar-refractivity contribution in [3.8, 4) is 22.4 Å². The van der Waals surface area contributed by atoms with Crippen LogP contribution in [0.4, 0.5) is 10.1 Å². The van der Waals surface area contributed by atoms with E-state index in [1.807, 2.05) is 48.7 Å². The van der Waals surface area contributed by atoms with Gasteiger partial charge in [0.25, 0.3) is 5.91 Å². The third kappa shape index (κ3) is 8.78. The molecule has 0 fully saturated rings. The van der Waals surface area contributed by atoms with Crippen LogP contribution in [0.2, 0.25) is 0 Å². The van der Waals surface area contributed by atoms with Crippen LogP contribution in [0.15, 0.2) is 78.9 Å². The first-order chi connectivity index (χ1) is 20.6. The second-order valence-electron chi connectivity index (χ2n) is 10.9. The van der Waals surface area contributed by atoms with E-state index < -0.39 is 30.4 Å². The van der Waals surface area contributed by atoms with E-state index in [2.05, 4.69) is 5.32 Å². The van der Waals surface area contributed by atoms with Crippen molar-refractivity contribution in [3.05, 3.63) is 102 Å². The molecule has 4 aromatic rings. The van der Waals surface area contributed by atoms with Crippen LogP contribution in [0.25, 0.3) is 22.4 Å². The number of carbonyl (C=O) groups excluding carboxylic acids is 2. The van der Waals surface area contributed by atoms with Crippen LogP contribution in [0.5, 0.6) is 0 Å². The summed E-state index contributed by atoms with van der Waals surface area (Å²) < 4.78 is 16.0. The summed E-state index contributed by atoms with van der Waals surface area (Å²) in [4.78, 5) is 25.0. The number of nitrogens with one attached hydrogen (secondary N) is 1. The first-order valence-corrected chi connectivity index (χ1v) is 14.2. The summed E-state index contributed by atoms with van der Waals surface area (Å²) in [5.41, 5.74) is 5.13. The molecule has 10 heteroatoms. The molecular formula is C34H36CaFN2O6+. The molecule has 0 bridgehead atoms. The molecular weight excluding hydrogens is 591 g/mol. The molecule has 0 unspecified atom stereocenters. The third-order valence-corrected chi connectivity index (χ3v) is 7.28. The van der Waals surface area contributed by atoms with Crippen molar-refractivity contribution in [3.63, 3.8) is 0 Å². The molecule has 3 aromatic carbocycles. The van der Waals surface area contributed by atoms with E-state index in [1.54, 1.807) is 36.4 Å². The Kier molecular flexibility index (Phi) is 13.1.